The number of esters is 1. The van der Waals surface area contributed by atoms with Crippen LogP contribution in [0.2, 0.25) is 0 Å². The van der Waals surface area contributed by atoms with Crippen LogP contribution in [0.5, 0.6) is 0 Å². The summed E-state index contributed by atoms with van der Waals surface area (Å²) < 4.78 is 4.85. The Hall–Kier alpha value is -4.63. The van der Waals surface area contributed by atoms with Crippen LogP contribution in [0.1, 0.15) is 41.8 Å². The van der Waals surface area contributed by atoms with Gasteiger partial charge in [0.05, 0.1) is 25.5 Å². The Morgan fingerprint density at radius 1 is 0.974 bits per heavy atom. The van der Waals surface area contributed by atoms with Crippen LogP contribution in [0, 0.1) is 0 Å². The summed E-state index contributed by atoms with van der Waals surface area (Å²) in [5, 5.41) is 16.6. The standard InChI is InChI=1S/C30H30N6O3/c1-5-27-26(17-20-11-13-22(14-12-20)30(37)38-3)28(31-19(2)36(27)39-4)23-15-16-24(21-9-7-6-8-10-21)25(18-23)29-32-34-35-33-29/h6-16,18-19H,5,17H2,1-4H3,(H,32,33,34,35). The van der Waals surface area contributed by atoms with E-state index in [4.69, 9.17) is 14.6 Å². The third-order valence-electron chi connectivity index (χ3n) is 6.82. The molecule has 9 nitrogen and oxygen atoms in total. The number of nitrogens with one attached hydrogen (secondary N) is 1. The third kappa shape index (κ3) is 5.21. The molecule has 2 heterocycles. The fourth-order valence-electron chi connectivity index (χ4n) is 4.99. The van der Waals surface area contributed by atoms with Crippen LogP contribution in [0.25, 0.3) is 22.5 Å². The lowest BCUT2D eigenvalue weighted by Gasteiger charge is -2.35. The monoisotopic (exact) mass is 522 g/mol. The van der Waals surface area contributed by atoms with Crippen molar-refractivity contribution in [2.45, 2.75) is 32.9 Å². The number of rotatable bonds is 8. The molecule has 0 saturated heterocycles. The molecule has 39 heavy (non-hydrogen) atoms. The average molecular weight is 523 g/mol. The number of H-pyrrole nitrogens is 1. The lowest BCUT2D eigenvalue weighted by Crippen LogP contribution is -2.37. The number of allylic oxidation sites excluding steroid dienone is 2. The van der Waals surface area contributed by atoms with Gasteiger partial charge in [0.15, 0.2) is 5.82 Å². The second-order valence-corrected chi connectivity index (χ2v) is 9.14. The largest absolute Gasteiger partial charge is 0.465 e. The fraction of sp³-hybridized carbons (Fsp3) is 0.233. The number of aromatic amines is 1. The molecule has 198 valence electrons. The summed E-state index contributed by atoms with van der Waals surface area (Å²) in [6.07, 6.45) is 1.15. The summed E-state index contributed by atoms with van der Waals surface area (Å²) in [6, 6.07) is 23.9. The van der Waals surface area contributed by atoms with Crippen LogP contribution >= 0.6 is 0 Å². The molecular formula is C30H30N6O3. The van der Waals surface area contributed by atoms with Gasteiger partial charge in [-0.2, -0.15) is 0 Å². The zero-order valence-electron chi connectivity index (χ0n) is 22.4. The van der Waals surface area contributed by atoms with Gasteiger partial charge in [-0.1, -0.05) is 61.5 Å². The predicted molar refractivity (Wildman–Crippen MR) is 149 cm³/mol. The van der Waals surface area contributed by atoms with Crippen molar-refractivity contribution in [2.24, 2.45) is 4.99 Å². The van der Waals surface area contributed by atoms with Gasteiger partial charge >= 0.3 is 5.97 Å². The topological polar surface area (TPSA) is 106 Å². The number of hydroxylamine groups is 2. The zero-order chi connectivity index (χ0) is 27.4. The van der Waals surface area contributed by atoms with Crippen molar-refractivity contribution < 1.29 is 14.4 Å². The van der Waals surface area contributed by atoms with E-state index in [0.717, 1.165) is 51.2 Å². The van der Waals surface area contributed by atoms with E-state index in [1.54, 1.807) is 19.2 Å². The molecule has 0 radical (unpaired) electrons. The molecule has 5 rings (SSSR count). The summed E-state index contributed by atoms with van der Waals surface area (Å²) in [4.78, 5) is 22.8. The Balaban J connectivity index is 1.61. The number of aromatic nitrogens is 4. The van der Waals surface area contributed by atoms with E-state index in [1.807, 2.05) is 42.3 Å². The summed E-state index contributed by atoms with van der Waals surface area (Å²) in [7, 11) is 3.05. The third-order valence-corrected chi connectivity index (χ3v) is 6.82. The Kier molecular flexibility index (Phi) is 7.60. The van der Waals surface area contributed by atoms with Crippen molar-refractivity contribution in [1.82, 2.24) is 25.7 Å². The maximum Gasteiger partial charge on any atom is 0.337 e. The second-order valence-electron chi connectivity index (χ2n) is 9.14. The first kappa shape index (κ1) is 26.0. The molecule has 1 N–H and O–H groups in total. The summed E-state index contributed by atoms with van der Waals surface area (Å²) in [6.45, 7) is 4.13. The Morgan fingerprint density at radius 3 is 2.38 bits per heavy atom. The van der Waals surface area contributed by atoms with E-state index in [2.05, 4.69) is 57.9 Å². The van der Waals surface area contributed by atoms with Gasteiger partial charge in [-0.3, -0.25) is 9.83 Å². The number of ether oxygens (including phenoxy) is 1. The molecule has 9 heteroatoms. The van der Waals surface area contributed by atoms with Crippen molar-refractivity contribution in [1.29, 1.82) is 0 Å². The van der Waals surface area contributed by atoms with Gasteiger partial charge in [0.1, 0.15) is 6.17 Å². The summed E-state index contributed by atoms with van der Waals surface area (Å²) >= 11 is 0. The van der Waals surface area contributed by atoms with E-state index >= 15 is 0 Å². The fourth-order valence-corrected chi connectivity index (χ4v) is 4.99. The van der Waals surface area contributed by atoms with Crippen LogP contribution in [0.3, 0.4) is 0 Å². The van der Waals surface area contributed by atoms with E-state index in [-0.39, 0.29) is 12.1 Å². The second kappa shape index (κ2) is 11.4. The Labute approximate surface area is 227 Å². The molecule has 0 saturated carbocycles. The number of benzene rings is 3. The quantitative estimate of drug-likeness (QED) is 0.316. The van der Waals surface area contributed by atoms with Crippen LogP contribution < -0.4 is 0 Å². The minimum absolute atomic E-state index is 0.213. The number of tetrazole rings is 1. The van der Waals surface area contributed by atoms with Crippen LogP contribution in [-0.4, -0.2) is 57.8 Å². The van der Waals surface area contributed by atoms with E-state index < -0.39 is 0 Å². The normalized spacial score (nSPS) is 15.3. The molecule has 3 aromatic carbocycles. The molecule has 1 aromatic heterocycles. The molecule has 0 fully saturated rings. The Bertz CT molecular complexity index is 1510. The van der Waals surface area contributed by atoms with Crippen LogP contribution in [0.15, 0.2) is 89.1 Å². The van der Waals surface area contributed by atoms with Crippen molar-refractivity contribution >= 4 is 11.7 Å². The first-order valence-electron chi connectivity index (χ1n) is 12.8. The lowest BCUT2D eigenvalue weighted by atomic mass is 9.89. The van der Waals surface area contributed by atoms with Gasteiger partial charge in [0.25, 0.3) is 0 Å². The van der Waals surface area contributed by atoms with Gasteiger partial charge in [-0.05, 0) is 58.7 Å². The molecule has 1 aliphatic heterocycles. The molecule has 0 aliphatic carbocycles. The highest BCUT2D eigenvalue weighted by Gasteiger charge is 2.29. The van der Waals surface area contributed by atoms with Crippen LogP contribution in [0.4, 0.5) is 0 Å². The summed E-state index contributed by atoms with van der Waals surface area (Å²) in [5.74, 6) is 0.223. The van der Waals surface area contributed by atoms with Gasteiger partial charge in [0, 0.05) is 28.8 Å². The van der Waals surface area contributed by atoms with Gasteiger partial charge in [-0.25, -0.2) is 15.0 Å². The number of carbonyl (C=O) groups is 1. The first-order chi connectivity index (χ1) is 19.0. The maximum absolute atomic E-state index is 11.9. The Morgan fingerprint density at radius 2 is 1.74 bits per heavy atom. The molecule has 1 aliphatic rings. The maximum atomic E-state index is 11.9. The highest BCUT2D eigenvalue weighted by Crippen LogP contribution is 2.34. The minimum Gasteiger partial charge on any atom is -0.465 e. The number of carbonyl (C=O) groups excluding carboxylic acids is 1. The molecule has 1 unspecified atom stereocenters. The van der Waals surface area contributed by atoms with Crippen molar-refractivity contribution in [3.63, 3.8) is 0 Å². The zero-order valence-corrected chi connectivity index (χ0v) is 22.4. The van der Waals surface area contributed by atoms with E-state index in [1.165, 1.54) is 7.11 Å². The molecular weight excluding hydrogens is 492 g/mol. The van der Waals surface area contributed by atoms with Gasteiger partial charge in [-0.15, -0.1) is 5.10 Å². The first-order valence-corrected chi connectivity index (χ1v) is 12.8. The number of nitrogens with zero attached hydrogens (tertiary/aromatic N) is 5. The van der Waals surface area contributed by atoms with E-state index in [0.29, 0.717) is 17.8 Å². The summed E-state index contributed by atoms with van der Waals surface area (Å²) in [5.41, 5.74) is 8.47. The van der Waals surface area contributed by atoms with Gasteiger partial charge in [0.2, 0.25) is 0 Å². The molecule has 0 bridgehead atoms. The molecule has 0 spiro atoms. The number of hydrogen-bond acceptors (Lipinski definition) is 8. The highest BCUT2D eigenvalue weighted by molar-refractivity contribution is 6.14. The predicted octanol–water partition coefficient (Wildman–Crippen LogP) is 5.24. The van der Waals surface area contributed by atoms with Crippen molar-refractivity contribution in [2.75, 3.05) is 14.2 Å². The molecule has 1 atom stereocenters. The van der Waals surface area contributed by atoms with Gasteiger partial charge < -0.3 is 4.74 Å². The number of hydrogen-bond donors (Lipinski definition) is 1. The highest BCUT2D eigenvalue weighted by atomic mass is 16.7. The van der Waals surface area contributed by atoms with Crippen molar-refractivity contribution in [3.8, 4) is 22.5 Å². The SMILES string of the molecule is CCC1=C(Cc2ccc(C(=O)OC)cc2)C(c2ccc(-c3ccccc3)c(-c3nnn[nH]3)c2)=NC(C)N1OC. The number of aliphatic imine (C=N–C) groups is 1. The molecule has 0 amide bonds. The smallest absolute Gasteiger partial charge is 0.337 e. The van der Waals surface area contributed by atoms with Crippen LogP contribution in [-0.2, 0) is 16.0 Å². The number of methoxy groups -OCH3 is 1. The lowest BCUT2D eigenvalue weighted by molar-refractivity contribution is -0.129. The van der Waals surface area contributed by atoms with E-state index in [9.17, 15) is 4.79 Å². The minimum atomic E-state index is -0.359. The average Bonchev–Trinajstić information content (AvgIpc) is 3.53. The van der Waals surface area contributed by atoms with Crippen molar-refractivity contribution in [3.05, 3.63) is 101 Å². The molecule has 4 aromatic rings.